The summed E-state index contributed by atoms with van der Waals surface area (Å²) in [6, 6.07) is 3.97. The van der Waals surface area contributed by atoms with E-state index < -0.39 is 34.6 Å². The number of carbonyl (C=O) groups is 3. The zero-order valence-corrected chi connectivity index (χ0v) is 16.7. The van der Waals surface area contributed by atoms with Crippen molar-refractivity contribution in [1.82, 2.24) is 4.57 Å². The summed E-state index contributed by atoms with van der Waals surface area (Å²) in [5, 5.41) is 13.4. The second-order valence-corrected chi connectivity index (χ2v) is 7.83. The van der Waals surface area contributed by atoms with Crippen LogP contribution in [0.5, 0.6) is 0 Å². The van der Waals surface area contributed by atoms with Gasteiger partial charge in [-0.05, 0) is 31.5 Å². The smallest absolute Gasteiger partial charge is 0.343 e. The highest BCUT2D eigenvalue weighted by atomic mass is 19.1. The number of cyclic esters (lactones) is 1. The molecular formula is C22H17FN2O6. The highest BCUT2D eigenvalue weighted by Gasteiger charge is 2.46. The fraction of sp³-hybridized carbons (Fsp3) is 0.273. The lowest BCUT2D eigenvalue weighted by molar-refractivity contribution is -0.172. The number of Topliss-reactive ketones (excluding diaryl/α,β-unsaturated/α-hetero) is 1. The number of esters is 1. The third-order valence-electron chi connectivity index (χ3n) is 6.30. The number of nitrogens with zero attached hydrogens (tertiary/aromatic N) is 1. The molecule has 8 nitrogen and oxygen atoms in total. The van der Waals surface area contributed by atoms with Crippen LogP contribution in [-0.2, 0) is 33.1 Å². The van der Waals surface area contributed by atoms with E-state index in [2.05, 4.69) is 5.32 Å². The van der Waals surface area contributed by atoms with Crippen LogP contribution in [0.2, 0.25) is 0 Å². The maximum Gasteiger partial charge on any atom is 0.343 e. The summed E-state index contributed by atoms with van der Waals surface area (Å²) in [4.78, 5) is 51.2. The second kappa shape index (κ2) is 6.21. The summed E-state index contributed by atoms with van der Waals surface area (Å²) in [6.45, 7) is 2.63. The minimum absolute atomic E-state index is 0.0205. The van der Waals surface area contributed by atoms with Crippen molar-refractivity contribution in [3.8, 4) is 0 Å². The van der Waals surface area contributed by atoms with Crippen LogP contribution in [0, 0.1) is 12.7 Å². The molecule has 1 aromatic carbocycles. The van der Waals surface area contributed by atoms with Crippen LogP contribution in [0.4, 0.5) is 10.1 Å². The number of allylic oxidation sites excluding steroid dienone is 1. The first kappa shape index (κ1) is 19.4. The Labute approximate surface area is 174 Å². The van der Waals surface area contributed by atoms with E-state index in [9.17, 15) is 28.7 Å². The number of pyridine rings is 1. The van der Waals surface area contributed by atoms with Gasteiger partial charge in [0.15, 0.2) is 5.60 Å². The minimum atomic E-state index is -2.02. The summed E-state index contributed by atoms with van der Waals surface area (Å²) in [6.07, 6.45) is -0.0372. The van der Waals surface area contributed by atoms with Crippen molar-refractivity contribution in [1.29, 1.82) is 0 Å². The number of hydrogen-bond acceptors (Lipinski definition) is 6. The second-order valence-electron chi connectivity index (χ2n) is 7.83. The third-order valence-corrected chi connectivity index (χ3v) is 6.30. The SMILES string of the molecule is CC[C@@]1(O)C(=O)OCc2c1cc1n(c2=O)C/C(=C2\C(=O)Nc3c2ccc(F)c3C)C1=O. The molecule has 5 rings (SSSR count). The molecule has 3 aliphatic heterocycles. The molecule has 158 valence electrons. The molecule has 0 spiro atoms. The largest absolute Gasteiger partial charge is 0.458 e. The third kappa shape index (κ3) is 2.37. The summed E-state index contributed by atoms with van der Waals surface area (Å²) < 4.78 is 20.1. The number of aromatic nitrogens is 1. The molecule has 0 bridgehead atoms. The topological polar surface area (TPSA) is 115 Å². The Balaban J connectivity index is 1.73. The van der Waals surface area contributed by atoms with Gasteiger partial charge in [0, 0.05) is 22.3 Å². The van der Waals surface area contributed by atoms with Crippen molar-refractivity contribution in [3.05, 3.63) is 67.9 Å². The monoisotopic (exact) mass is 424 g/mol. The number of ether oxygens (including phenoxy) is 1. The predicted octanol–water partition coefficient (Wildman–Crippen LogP) is 1.55. The highest BCUT2D eigenvalue weighted by Crippen LogP contribution is 2.40. The molecule has 3 aliphatic rings. The van der Waals surface area contributed by atoms with Gasteiger partial charge in [0.05, 0.1) is 29.1 Å². The molecule has 0 unspecified atom stereocenters. The Hall–Kier alpha value is -3.59. The van der Waals surface area contributed by atoms with Gasteiger partial charge in [-0.2, -0.15) is 0 Å². The molecule has 0 aliphatic carbocycles. The zero-order valence-electron chi connectivity index (χ0n) is 16.7. The Morgan fingerprint density at radius 2 is 2.00 bits per heavy atom. The number of nitrogens with one attached hydrogen (secondary N) is 1. The van der Waals surface area contributed by atoms with E-state index in [-0.39, 0.29) is 53.1 Å². The maximum absolute atomic E-state index is 13.9. The van der Waals surface area contributed by atoms with Crippen LogP contribution < -0.4 is 10.9 Å². The maximum atomic E-state index is 13.9. The standard InChI is InChI=1S/C22H17FN2O6/c1-3-22(30)13-6-15-18(26)11(7-25(15)20(28)12(13)8-31-21(22)29)16-10-4-5-14(23)9(2)17(10)24-19(16)27/h4-6,30H,3,7-8H2,1-2H3,(H,24,27)/b16-11+/t22-/m0/s1. The van der Waals surface area contributed by atoms with Crippen molar-refractivity contribution < 1.29 is 28.6 Å². The number of benzene rings is 1. The Kier molecular flexibility index (Phi) is 3.88. The number of fused-ring (bicyclic) bond motifs is 3. The molecule has 31 heavy (non-hydrogen) atoms. The van der Waals surface area contributed by atoms with Crippen LogP contribution in [0.25, 0.3) is 5.57 Å². The van der Waals surface area contributed by atoms with Gasteiger partial charge in [0.1, 0.15) is 12.4 Å². The zero-order chi connectivity index (χ0) is 22.2. The Bertz CT molecular complexity index is 1340. The number of carbonyl (C=O) groups excluding carboxylic acids is 3. The molecule has 1 amide bonds. The molecular weight excluding hydrogens is 407 g/mol. The molecule has 1 aromatic heterocycles. The fourth-order valence-corrected chi connectivity index (χ4v) is 4.48. The number of aliphatic hydroxyl groups is 1. The molecule has 0 saturated carbocycles. The van der Waals surface area contributed by atoms with E-state index in [1.807, 2.05) is 0 Å². The predicted molar refractivity (Wildman–Crippen MR) is 106 cm³/mol. The molecule has 9 heteroatoms. The number of ketones is 1. The van der Waals surface area contributed by atoms with E-state index in [4.69, 9.17) is 4.74 Å². The molecule has 2 N–H and O–H groups in total. The lowest BCUT2D eigenvalue weighted by atomic mass is 9.86. The molecule has 0 saturated heterocycles. The molecule has 4 heterocycles. The summed E-state index contributed by atoms with van der Waals surface area (Å²) >= 11 is 0. The lowest BCUT2D eigenvalue weighted by Crippen LogP contribution is -2.44. The quantitative estimate of drug-likeness (QED) is 0.530. The summed E-state index contributed by atoms with van der Waals surface area (Å²) in [5.41, 5.74) is -1.35. The Morgan fingerprint density at radius 3 is 2.71 bits per heavy atom. The van der Waals surface area contributed by atoms with E-state index in [0.29, 0.717) is 11.3 Å². The van der Waals surface area contributed by atoms with E-state index in [0.717, 1.165) is 0 Å². The van der Waals surface area contributed by atoms with Crippen LogP contribution in [-0.4, -0.2) is 27.3 Å². The van der Waals surface area contributed by atoms with Crippen molar-refractivity contribution in [2.45, 2.75) is 39.0 Å². The van der Waals surface area contributed by atoms with Gasteiger partial charge in [-0.1, -0.05) is 6.92 Å². The molecule has 0 radical (unpaired) electrons. The van der Waals surface area contributed by atoms with Crippen LogP contribution in [0.3, 0.4) is 0 Å². The van der Waals surface area contributed by atoms with Gasteiger partial charge >= 0.3 is 5.97 Å². The Morgan fingerprint density at radius 1 is 1.26 bits per heavy atom. The molecule has 2 aromatic rings. The number of halogens is 1. The van der Waals surface area contributed by atoms with Crippen LogP contribution in [0.15, 0.2) is 28.6 Å². The van der Waals surface area contributed by atoms with Gasteiger partial charge in [0.25, 0.3) is 11.5 Å². The van der Waals surface area contributed by atoms with Gasteiger partial charge in [-0.25, -0.2) is 9.18 Å². The van der Waals surface area contributed by atoms with Crippen molar-refractivity contribution in [2.75, 3.05) is 5.32 Å². The van der Waals surface area contributed by atoms with Gasteiger partial charge in [-0.3, -0.25) is 14.4 Å². The van der Waals surface area contributed by atoms with E-state index in [1.54, 1.807) is 6.92 Å². The van der Waals surface area contributed by atoms with Gasteiger partial charge < -0.3 is 19.7 Å². The average molecular weight is 424 g/mol. The van der Waals surface area contributed by atoms with Gasteiger partial charge in [0.2, 0.25) is 5.78 Å². The first-order valence-corrected chi connectivity index (χ1v) is 9.74. The van der Waals surface area contributed by atoms with Gasteiger partial charge in [-0.15, -0.1) is 0 Å². The van der Waals surface area contributed by atoms with Crippen molar-refractivity contribution in [2.24, 2.45) is 0 Å². The number of anilines is 1. The first-order valence-electron chi connectivity index (χ1n) is 9.74. The van der Waals surface area contributed by atoms with E-state index >= 15 is 0 Å². The summed E-state index contributed by atoms with van der Waals surface area (Å²) in [5.74, 6) is -2.48. The number of amides is 1. The fourth-order valence-electron chi connectivity index (χ4n) is 4.48. The highest BCUT2D eigenvalue weighted by molar-refractivity contribution is 6.37. The van der Waals surface area contributed by atoms with E-state index in [1.165, 1.54) is 29.7 Å². The lowest BCUT2D eigenvalue weighted by Gasteiger charge is -2.31. The number of hydrogen-bond donors (Lipinski definition) is 2. The normalized spacial score (nSPS) is 23.9. The van der Waals surface area contributed by atoms with Crippen molar-refractivity contribution >= 4 is 28.9 Å². The van der Waals surface area contributed by atoms with Crippen LogP contribution in [0.1, 0.15) is 46.1 Å². The molecule has 0 fully saturated rings. The van der Waals surface area contributed by atoms with Crippen molar-refractivity contribution in [3.63, 3.8) is 0 Å². The first-order chi connectivity index (χ1) is 14.7. The van der Waals surface area contributed by atoms with Crippen LogP contribution >= 0.6 is 0 Å². The average Bonchev–Trinajstić information content (AvgIpc) is 3.25. The minimum Gasteiger partial charge on any atom is -0.458 e. The summed E-state index contributed by atoms with van der Waals surface area (Å²) in [7, 11) is 0. The number of rotatable bonds is 1. The molecule has 1 atom stereocenters.